The summed E-state index contributed by atoms with van der Waals surface area (Å²) in [5.41, 5.74) is -0.886. The van der Waals surface area contributed by atoms with Crippen molar-refractivity contribution >= 4 is 11.9 Å². The van der Waals surface area contributed by atoms with Crippen molar-refractivity contribution in [2.24, 2.45) is 0 Å². The highest BCUT2D eigenvalue weighted by Gasteiger charge is 2.52. The summed E-state index contributed by atoms with van der Waals surface area (Å²) in [6, 6.07) is -0.406. The second kappa shape index (κ2) is 7.59. The Labute approximate surface area is 120 Å². The van der Waals surface area contributed by atoms with Crippen LogP contribution in [0.3, 0.4) is 0 Å². The zero-order valence-corrected chi connectivity index (χ0v) is 12.5. The Morgan fingerprint density at radius 3 is 2.25 bits per heavy atom. The molecule has 1 atom stereocenters. The van der Waals surface area contributed by atoms with Crippen LogP contribution in [0.25, 0.3) is 0 Å². The molecule has 6 nitrogen and oxygen atoms in total. The molecule has 6 heteroatoms. The number of nitrogens with zero attached hydrogens (tertiary/aromatic N) is 2. The molecule has 0 saturated carbocycles. The average molecular weight is 286 g/mol. The van der Waals surface area contributed by atoms with Crippen LogP contribution in [-0.4, -0.2) is 63.8 Å². The Morgan fingerprint density at radius 1 is 1.05 bits per heavy atom. The van der Waals surface area contributed by atoms with Gasteiger partial charge in [0.2, 0.25) is 0 Å². The van der Waals surface area contributed by atoms with E-state index in [-0.39, 0.29) is 32.2 Å². The molecule has 0 spiro atoms. The third-order valence-corrected chi connectivity index (χ3v) is 3.93. The van der Waals surface area contributed by atoms with Gasteiger partial charge in [-0.1, -0.05) is 32.6 Å². The molecule has 116 valence electrons. The average Bonchev–Trinajstić information content (AvgIpc) is 2.60. The second-order valence-corrected chi connectivity index (χ2v) is 5.42. The van der Waals surface area contributed by atoms with Crippen LogP contribution in [0, 0.1) is 0 Å². The number of imide groups is 1. The highest BCUT2D eigenvalue weighted by molar-refractivity contribution is 6.06. The maximum absolute atomic E-state index is 12.4. The van der Waals surface area contributed by atoms with Crippen LogP contribution in [0.5, 0.6) is 0 Å². The van der Waals surface area contributed by atoms with E-state index in [1.807, 2.05) is 0 Å². The van der Waals surface area contributed by atoms with Gasteiger partial charge in [-0.25, -0.2) is 4.79 Å². The molecule has 1 aliphatic heterocycles. The molecule has 0 aromatic carbocycles. The molecular formula is C14H26N2O4. The molecule has 0 bridgehead atoms. The lowest BCUT2D eigenvalue weighted by molar-refractivity contribution is -0.133. The lowest BCUT2D eigenvalue weighted by Gasteiger charge is -2.31. The van der Waals surface area contributed by atoms with E-state index >= 15 is 0 Å². The number of amides is 3. The van der Waals surface area contributed by atoms with Gasteiger partial charge < -0.3 is 15.1 Å². The minimum absolute atomic E-state index is 0.0180. The Kier molecular flexibility index (Phi) is 6.42. The Balaban J connectivity index is 2.82. The van der Waals surface area contributed by atoms with E-state index in [1.54, 1.807) is 6.92 Å². The van der Waals surface area contributed by atoms with Crippen LogP contribution in [0.15, 0.2) is 0 Å². The molecule has 3 amide bonds. The molecule has 1 fully saturated rings. The van der Waals surface area contributed by atoms with E-state index in [0.717, 1.165) is 30.6 Å². The van der Waals surface area contributed by atoms with Gasteiger partial charge in [0.1, 0.15) is 5.54 Å². The van der Waals surface area contributed by atoms with E-state index in [9.17, 15) is 9.59 Å². The van der Waals surface area contributed by atoms with Crippen LogP contribution in [0.4, 0.5) is 4.79 Å². The van der Waals surface area contributed by atoms with Crippen molar-refractivity contribution in [2.45, 2.75) is 51.5 Å². The Morgan fingerprint density at radius 2 is 1.70 bits per heavy atom. The number of hydrogen-bond donors (Lipinski definition) is 2. The SMILES string of the molecule is CCCCCCC1(C)C(=O)N(CCO)C(=O)N1CCO. The number of carbonyl (C=O) groups is 2. The summed E-state index contributed by atoms with van der Waals surface area (Å²) in [5, 5.41) is 18.1. The number of aliphatic hydroxyl groups excluding tert-OH is 2. The first-order valence-electron chi connectivity index (χ1n) is 7.38. The van der Waals surface area contributed by atoms with E-state index in [0.29, 0.717) is 6.42 Å². The molecule has 1 saturated heterocycles. The maximum atomic E-state index is 12.4. The van der Waals surface area contributed by atoms with Gasteiger partial charge in [0.05, 0.1) is 19.8 Å². The molecule has 1 heterocycles. The molecule has 1 aliphatic rings. The van der Waals surface area contributed by atoms with Gasteiger partial charge in [-0.15, -0.1) is 0 Å². The minimum Gasteiger partial charge on any atom is -0.395 e. The predicted octanol–water partition coefficient (Wildman–Crippen LogP) is 0.964. The highest BCUT2D eigenvalue weighted by atomic mass is 16.3. The first-order valence-corrected chi connectivity index (χ1v) is 7.38. The summed E-state index contributed by atoms with van der Waals surface area (Å²) in [6.07, 6.45) is 4.72. The van der Waals surface area contributed by atoms with Crippen molar-refractivity contribution in [1.82, 2.24) is 9.80 Å². The monoisotopic (exact) mass is 286 g/mol. The molecule has 0 aliphatic carbocycles. The van der Waals surface area contributed by atoms with Crippen LogP contribution in [0.1, 0.15) is 46.0 Å². The van der Waals surface area contributed by atoms with Crippen molar-refractivity contribution in [3.8, 4) is 0 Å². The van der Waals surface area contributed by atoms with Gasteiger partial charge in [-0.05, 0) is 13.3 Å². The topological polar surface area (TPSA) is 81.1 Å². The van der Waals surface area contributed by atoms with Crippen LogP contribution >= 0.6 is 0 Å². The van der Waals surface area contributed by atoms with E-state index < -0.39 is 11.6 Å². The number of β-amino-alcohol motifs (C(OH)–C–C–N with tert-alkyl or cyclic N) is 2. The maximum Gasteiger partial charge on any atom is 0.327 e. The highest BCUT2D eigenvalue weighted by Crippen LogP contribution is 2.32. The fourth-order valence-corrected chi connectivity index (χ4v) is 2.73. The second-order valence-electron chi connectivity index (χ2n) is 5.42. The number of urea groups is 1. The van der Waals surface area contributed by atoms with Gasteiger partial charge in [0.15, 0.2) is 0 Å². The normalized spacial score (nSPS) is 23.0. The summed E-state index contributed by atoms with van der Waals surface area (Å²) in [4.78, 5) is 27.2. The van der Waals surface area contributed by atoms with Crippen molar-refractivity contribution < 1.29 is 19.8 Å². The summed E-state index contributed by atoms with van der Waals surface area (Å²) < 4.78 is 0. The molecular weight excluding hydrogens is 260 g/mol. The van der Waals surface area contributed by atoms with Crippen molar-refractivity contribution in [3.05, 3.63) is 0 Å². The smallest absolute Gasteiger partial charge is 0.327 e. The van der Waals surface area contributed by atoms with Gasteiger partial charge in [-0.3, -0.25) is 9.69 Å². The zero-order valence-electron chi connectivity index (χ0n) is 12.5. The molecule has 1 rings (SSSR count). The number of aliphatic hydroxyl groups is 2. The first kappa shape index (κ1) is 16.9. The lowest BCUT2D eigenvalue weighted by atomic mass is 9.92. The van der Waals surface area contributed by atoms with Crippen molar-refractivity contribution in [3.63, 3.8) is 0 Å². The standard InChI is InChI=1S/C14H26N2O4/c1-3-4-5-6-7-14(2)12(19)15(8-10-17)13(20)16(14)9-11-18/h17-18H,3-11H2,1-2H3. The number of rotatable bonds is 9. The molecule has 0 aromatic rings. The number of carbonyl (C=O) groups excluding carboxylic acids is 2. The van der Waals surface area contributed by atoms with Gasteiger partial charge in [0.25, 0.3) is 5.91 Å². The van der Waals surface area contributed by atoms with E-state index in [2.05, 4.69) is 6.92 Å². The summed E-state index contributed by atoms with van der Waals surface area (Å²) >= 11 is 0. The van der Waals surface area contributed by atoms with Crippen molar-refractivity contribution in [1.29, 1.82) is 0 Å². The molecule has 2 N–H and O–H groups in total. The van der Waals surface area contributed by atoms with Crippen LogP contribution in [-0.2, 0) is 4.79 Å². The fourth-order valence-electron chi connectivity index (χ4n) is 2.73. The quantitative estimate of drug-likeness (QED) is 0.489. The largest absolute Gasteiger partial charge is 0.395 e. The zero-order chi connectivity index (χ0) is 15.2. The van der Waals surface area contributed by atoms with Crippen molar-refractivity contribution in [2.75, 3.05) is 26.3 Å². The third kappa shape index (κ3) is 3.30. The molecule has 0 aromatic heterocycles. The van der Waals surface area contributed by atoms with Gasteiger partial charge >= 0.3 is 6.03 Å². The minimum atomic E-state index is -0.886. The summed E-state index contributed by atoms with van der Waals surface area (Å²) in [7, 11) is 0. The van der Waals surface area contributed by atoms with E-state index in [1.165, 1.54) is 4.90 Å². The molecule has 1 unspecified atom stereocenters. The Hall–Kier alpha value is -1.14. The van der Waals surface area contributed by atoms with E-state index in [4.69, 9.17) is 10.2 Å². The summed E-state index contributed by atoms with van der Waals surface area (Å²) in [6.45, 7) is 3.63. The molecule has 20 heavy (non-hydrogen) atoms. The molecule has 0 radical (unpaired) electrons. The van der Waals surface area contributed by atoms with Crippen LogP contribution in [0.2, 0.25) is 0 Å². The first-order chi connectivity index (χ1) is 9.52. The van der Waals surface area contributed by atoms with Crippen LogP contribution < -0.4 is 0 Å². The fraction of sp³-hybridized carbons (Fsp3) is 0.857. The summed E-state index contributed by atoms with van der Waals surface area (Å²) in [5.74, 6) is -0.263. The number of unbranched alkanes of at least 4 members (excludes halogenated alkanes) is 3. The third-order valence-electron chi connectivity index (χ3n) is 3.93. The van der Waals surface area contributed by atoms with Gasteiger partial charge in [0, 0.05) is 6.54 Å². The Bertz CT molecular complexity index is 348. The predicted molar refractivity (Wildman–Crippen MR) is 75.2 cm³/mol. The lowest BCUT2D eigenvalue weighted by Crippen LogP contribution is -2.48. The number of hydrogen-bond acceptors (Lipinski definition) is 4. The van der Waals surface area contributed by atoms with Gasteiger partial charge in [-0.2, -0.15) is 0 Å².